The van der Waals surface area contributed by atoms with Gasteiger partial charge in [-0.3, -0.25) is 0 Å². The molecule has 12 nitrogen and oxygen atoms in total. The minimum atomic E-state index is -1.02. The van der Waals surface area contributed by atoms with E-state index in [0.29, 0.717) is 21.0 Å². The van der Waals surface area contributed by atoms with E-state index >= 15 is 0 Å². The molecule has 18 heteroatoms. The highest BCUT2D eigenvalue weighted by atomic mass is 35.5. The topological polar surface area (TPSA) is 186 Å². The number of allylic oxidation sites excluding steroid dienone is 3. The van der Waals surface area contributed by atoms with Crippen LogP contribution in [0, 0.1) is 60.8 Å². The lowest BCUT2D eigenvalue weighted by Crippen LogP contribution is -2.28. The van der Waals surface area contributed by atoms with Crippen LogP contribution in [0.25, 0.3) is 33.4 Å². The summed E-state index contributed by atoms with van der Waals surface area (Å²) in [6.07, 6.45) is 5.81. The molecule has 520 valence electrons. The number of ether oxygens (including phenoxy) is 4. The fraction of sp³-hybridized carbons (Fsp3) is 0.462. The van der Waals surface area contributed by atoms with E-state index in [1.165, 1.54) is 21.6 Å². The Balaban J connectivity index is 0.000000203. The van der Waals surface area contributed by atoms with E-state index in [9.17, 15) is 39.6 Å². The third kappa shape index (κ3) is 20.7. The Kier molecular flexibility index (Phi) is 26.5. The van der Waals surface area contributed by atoms with Crippen molar-refractivity contribution in [2.75, 3.05) is 0 Å². The van der Waals surface area contributed by atoms with Crippen LogP contribution in [0.15, 0.2) is 84.9 Å². The Hall–Kier alpha value is -5.76. The molecule has 96 heavy (non-hydrogen) atoms. The van der Waals surface area contributed by atoms with Crippen molar-refractivity contribution in [1.82, 2.24) is 0 Å². The number of carboxylic acid groups (broad SMARTS) is 4. The molecule has 9 rings (SSSR count). The highest BCUT2D eigenvalue weighted by molar-refractivity contribution is 7.13. The molecule has 4 aromatic heterocycles. The number of fused-ring (bicyclic) bond motifs is 1. The van der Waals surface area contributed by atoms with Gasteiger partial charge in [-0.25, -0.2) is 19.2 Å². The van der Waals surface area contributed by atoms with Gasteiger partial charge in [0.15, 0.2) is 24.4 Å². The van der Waals surface area contributed by atoms with Gasteiger partial charge in [0.05, 0.1) is 22.4 Å². The smallest absolute Gasteiger partial charge is 0.337 e. The van der Waals surface area contributed by atoms with Gasteiger partial charge in [0.25, 0.3) is 0 Å². The normalized spacial score (nSPS) is 15.2. The molecule has 0 saturated carbocycles. The lowest BCUT2D eigenvalue weighted by atomic mass is 9.76. The van der Waals surface area contributed by atoms with Gasteiger partial charge in [0, 0.05) is 93.6 Å². The van der Waals surface area contributed by atoms with Crippen molar-refractivity contribution in [1.29, 1.82) is 0 Å². The number of benzene rings is 3. The second-order valence-electron chi connectivity index (χ2n) is 29.2. The molecular weight excluding hydrogens is 1330 g/mol. The van der Waals surface area contributed by atoms with Gasteiger partial charge in [-0.05, 0) is 228 Å². The van der Waals surface area contributed by atoms with Crippen LogP contribution in [-0.2, 0) is 44.5 Å². The van der Waals surface area contributed by atoms with E-state index in [1.54, 1.807) is 45.3 Å². The Labute approximate surface area is 595 Å². The highest BCUT2D eigenvalue weighted by Gasteiger charge is 2.38. The fourth-order valence-corrected chi connectivity index (χ4v) is 16.9. The Bertz CT molecular complexity index is 3990. The SMILES string of the molecule is Cc1sc(C)c(C(OC(C)(C)C)C(=O)O)c1-c1ccc(Cl)cc1.Cc1sc(C)c(C(OC(C)(C)C)C(=O)O)c1-c1ccccc1Cl.Cc1sc(C)c(C(OC(C)(C)C)C(=O)O)c1C1=CCC(C)(C)CC1.Cc1sc(C)c(C(OC(C)(C)C)C(=O)O)c1C1=CCCc2ccccc21. The number of hydrogen-bond acceptors (Lipinski definition) is 12. The first-order valence-electron chi connectivity index (χ1n) is 32.3. The van der Waals surface area contributed by atoms with Gasteiger partial charge in [-0.2, -0.15) is 0 Å². The number of carboxylic acids is 4. The summed E-state index contributed by atoms with van der Waals surface area (Å²) < 4.78 is 23.6. The van der Waals surface area contributed by atoms with Crippen molar-refractivity contribution in [2.45, 2.75) is 231 Å². The molecule has 0 aliphatic heterocycles. The van der Waals surface area contributed by atoms with Crippen molar-refractivity contribution >= 4 is 104 Å². The van der Waals surface area contributed by atoms with E-state index in [-0.39, 0.29) is 0 Å². The van der Waals surface area contributed by atoms with Crippen molar-refractivity contribution in [3.63, 3.8) is 0 Å². The summed E-state index contributed by atoms with van der Waals surface area (Å²) in [5.74, 6) is -3.82. The summed E-state index contributed by atoms with van der Waals surface area (Å²) in [6, 6.07) is 23.4. The number of thiophene rings is 4. The summed E-state index contributed by atoms with van der Waals surface area (Å²) in [5, 5.41) is 40.4. The minimum Gasteiger partial charge on any atom is -0.479 e. The van der Waals surface area contributed by atoms with E-state index in [1.807, 2.05) is 179 Å². The van der Waals surface area contributed by atoms with Gasteiger partial charge in [-0.1, -0.05) is 104 Å². The molecule has 0 bridgehead atoms. The molecule has 4 N–H and O–H groups in total. The van der Waals surface area contributed by atoms with Gasteiger partial charge >= 0.3 is 23.9 Å². The van der Waals surface area contributed by atoms with Crippen LogP contribution in [0.1, 0.15) is 231 Å². The molecule has 0 fully saturated rings. The standard InChI is InChI=1S/C22H26O3S.C20H30O3S.2C18H21ClO3S/c1-13-18(17-12-8-10-15-9-6-7-11-16(15)17)19(14(2)26-13)20(21(23)24)25-22(3,4)5;1-12-15(14-8-10-20(6,7)11-9-14)16(13(2)24-12)17(18(21)22)23-19(3,4)5;1-10-14(12-6-8-13(19)9-7-12)15(11(2)23-10)16(17(20)21)22-18(3,4)5;1-10-14(12-8-6-7-9-13(12)19)15(11(2)23-10)16(17(20)21)22-18(3,4)5/h6-7,9,11-12,20H,8,10H2,1-5H3,(H,23,24);8,17H,9-11H2,1-7H3,(H,21,22);2*6-9,16H,1-5H3,(H,20,21). The zero-order valence-electron chi connectivity index (χ0n) is 59.9. The second-order valence-corrected chi connectivity index (χ2v) is 35.8. The van der Waals surface area contributed by atoms with Crippen LogP contribution in [0.4, 0.5) is 0 Å². The highest BCUT2D eigenvalue weighted by Crippen LogP contribution is 2.49. The maximum Gasteiger partial charge on any atom is 0.337 e. The summed E-state index contributed by atoms with van der Waals surface area (Å²) >= 11 is 18.8. The summed E-state index contributed by atoms with van der Waals surface area (Å²) in [5.41, 5.74) is 12.0. The van der Waals surface area contributed by atoms with E-state index in [2.05, 4.69) is 58.0 Å². The maximum absolute atomic E-state index is 12.1. The van der Waals surface area contributed by atoms with Gasteiger partial charge in [-0.15, -0.1) is 45.3 Å². The van der Waals surface area contributed by atoms with Gasteiger partial charge < -0.3 is 39.4 Å². The lowest BCUT2D eigenvalue weighted by Gasteiger charge is -2.30. The molecule has 4 atom stereocenters. The van der Waals surface area contributed by atoms with E-state index in [4.69, 9.17) is 42.1 Å². The number of halogens is 2. The predicted octanol–water partition coefficient (Wildman–Crippen LogP) is 22.8. The summed E-state index contributed by atoms with van der Waals surface area (Å²) in [4.78, 5) is 56.1. The summed E-state index contributed by atoms with van der Waals surface area (Å²) in [6.45, 7) is 43.1. The Morgan fingerprint density at radius 2 is 0.792 bits per heavy atom. The van der Waals surface area contributed by atoms with E-state index in [0.717, 1.165) is 122 Å². The van der Waals surface area contributed by atoms with Gasteiger partial charge in [0.1, 0.15) is 0 Å². The molecule has 3 aromatic carbocycles. The maximum atomic E-state index is 12.1. The minimum absolute atomic E-state index is 0.330. The lowest BCUT2D eigenvalue weighted by molar-refractivity contribution is -0.161. The van der Waals surface area contributed by atoms with E-state index < -0.39 is 70.7 Å². The molecule has 0 radical (unpaired) electrons. The van der Waals surface area contributed by atoms with Crippen LogP contribution < -0.4 is 0 Å². The molecule has 4 heterocycles. The number of carbonyl (C=O) groups is 4. The van der Waals surface area contributed by atoms with Crippen LogP contribution in [0.3, 0.4) is 0 Å². The largest absolute Gasteiger partial charge is 0.479 e. The third-order valence-electron chi connectivity index (χ3n) is 16.0. The Morgan fingerprint density at radius 1 is 0.438 bits per heavy atom. The zero-order valence-corrected chi connectivity index (χ0v) is 64.6. The first-order valence-corrected chi connectivity index (χ1v) is 36.3. The molecule has 2 aliphatic carbocycles. The predicted molar refractivity (Wildman–Crippen MR) is 398 cm³/mol. The average Bonchev–Trinajstić information content (AvgIpc) is 1.60. The third-order valence-corrected chi connectivity index (χ3v) is 20.7. The first kappa shape index (κ1) is 79.2. The van der Waals surface area contributed by atoms with Crippen molar-refractivity contribution in [3.05, 3.63) is 179 Å². The number of rotatable bonds is 16. The number of hydrogen-bond donors (Lipinski definition) is 4. The fourth-order valence-electron chi connectivity index (χ4n) is 12.1. The van der Waals surface area contributed by atoms with Crippen molar-refractivity contribution < 1.29 is 58.6 Å². The monoisotopic (exact) mass is 1420 g/mol. The van der Waals surface area contributed by atoms with Crippen LogP contribution in [-0.4, -0.2) is 66.7 Å². The quantitative estimate of drug-likeness (QED) is 0.0718. The molecule has 4 unspecified atom stereocenters. The second kappa shape index (κ2) is 32.1. The van der Waals surface area contributed by atoms with Crippen LogP contribution >= 0.6 is 68.5 Å². The molecule has 2 aliphatic rings. The zero-order chi connectivity index (χ0) is 72.1. The van der Waals surface area contributed by atoms with Gasteiger partial charge in [0.2, 0.25) is 0 Å². The molecular formula is C78H98Cl2O12S4. The molecule has 0 amide bonds. The van der Waals surface area contributed by atoms with Crippen molar-refractivity contribution in [3.8, 4) is 22.3 Å². The summed E-state index contributed by atoms with van der Waals surface area (Å²) in [7, 11) is 0. The number of aliphatic carboxylic acids is 4. The van der Waals surface area contributed by atoms with Crippen molar-refractivity contribution in [2.24, 2.45) is 5.41 Å². The van der Waals surface area contributed by atoms with Crippen LogP contribution in [0.5, 0.6) is 0 Å². The number of aryl methyl sites for hydroxylation is 9. The molecule has 7 aromatic rings. The first-order chi connectivity index (χ1) is 44.3. The average molecular weight is 1430 g/mol. The molecule has 0 saturated heterocycles. The van der Waals surface area contributed by atoms with Crippen LogP contribution in [0.2, 0.25) is 10.0 Å². The Morgan fingerprint density at radius 3 is 1.19 bits per heavy atom. The molecule has 0 spiro atoms.